The van der Waals surface area contributed by atoms with E-state index in [4.69, 9.17) is 14.1 Å². The van der Waals surface area contributed by atoms with Gasteiger partial charge in [0.05, 0.1) is 35.7 Å². The van der Waals surface area contributed by atoms with E-state index in [1.807, 2.05) is 51.1 Å². The van der Waals surface area contributed by atoms with Crippen LogP contribution in [0.3, 0.4) is 0 Å². The van der Waals surface area contributed by atoms with Gasteiger partial charge in [-0.3, -0.25) is 4.79 Å². The van der Waals surface area contributed by atoms with Crippen molar-refractivity contribution in [2.45, 2.75) is 33.2 Å². The van der Waals surface area contributed by atoms with Gasteiger partial charge in [-0.25, -0.2) is 9.67 Å². The number of para-hydroxylation sites is 2. The molecule has 0 bridgehead atoms. The van der Waals surface area contributed by atoms with E-state index >= 15 is 0 Å². The molecule has 154 valence electrons. The highest BCUT2D eigenvalue weighted by Crippen LogP contribution is 2.29. The van der Waals surface area contributed by atoms with Gasteiger partial charge >= 0.3 is 0 Å². The molecular formula is C23H24N4O3. The molecule has 0 aliphatic heterocycles. The van der Waals surface area contributed by atoms with Crippen LogP contribution in [-0.4, -0.2) is 27.3 Å². The molecule has 0 aliphatic rings. The number of amides is 1. The van der Waals surface area contributed by atoms with E-state index in [2.05, 4.69) is 10.4 Å². The lowest BCUT2D eigenvalue weighted by molar-refractivity contribution is 0.102. The molecule has 1 N–H and O–H groups in total. The van der Waals surface area contributed by atoms with Crippen LogP contribution in [0, 0.1) is 0 Å². The Hall–Kier alpha value is -3.61. The quantitative estimate of drug-likeness (QED) is 0.451. The molecule has 0 saturated carbocycles. The zero-order chi connectivity index (χ0) is 21.1. The number of nitrogens with zero attached hydrogens (tertiary/aromatic N) is 3. The molecule has 0 aliphatic carbocycles. The molecule has 0 radical (unpaired) electrons. The summed E-state index contributed by atoms with van der Waals surface area (Å²) in [6.45, 7) is 6.66. The number of carbonyl (C=O) groups is 1. The third kappa shape index (κ3) is 3.78. The smallest absolute Gasteiger partial charge is 0.256 e. The maximum absolute atomic E-state index is 13.3. The van der Waals surface area contributed by atoms with Crippen LogP contribution in [0.4, 0.5) is 5.69 Å². The molecule has 4 rings (SSSR count). The van der Waals surface area contributed by atoms with Gasteiger partial charge in [-0.15, -0.1) is 0 Å². The van der Waals surface area contributed by atoms with Crippen LogP contribution in [0.5, 0.6) is 5.75 Å². The number of hydrogen-bond acceptors (Lipinski definition) is 5. The largest absolute Gasteiger partial charge is 0.491 e. The van der Waals surface area contributed by atoms with Crippen LogP contribution in [0.15, 0.2) is 59.3 Å². The summed E-state index contributed by atoms with van der Waals surface area (Å²) in [4.78, 5) is 18.0. The van der Waals surface area contributed by atoms with Crippen LogP contribution in [0.25, 0.3) is 22.5 Å². The lowest BCUT2D eigenvalue weighted by atomic mass is 10.1. The Morgan fingerprint density at radius 3 is 2.80 bits per heavy atom. The Labute approximate surface area is 174 Å². The average Bonchev–Trinajstić information content (AvgIpc) is 3.42. The third-order valence-corrected chi connectivity index (χ3v) is 4.67. The topological polar surface area (TPSA) is 82.2 Å². The second-order valence-electron chi connectivity index (χ2n) is 7.25. The normalized spacial score (nSPS) is 11.2. The van der Waals surface area contributed by atoms with Gasteiger partial charge in [-0.2, -0.15) is 5.10 Å². The molecule has 30 heavy (non-hydrogen) atoms. The number of fused-ring (bicyclic) bond motifs is 1. The number of furan rings is 1. The zero-order valence-electron chi connectivity index (χ0n) is 17.3. The standard InChI is InChI=1S/C23H24N4O3/c1-4-11-29-20-9-6-5-8-18(20)26-23(28)16-13-19(21-10-7-12-30-21)25-22-17(16)14-24-27(22)15(2)3/h5-10,12-15H,4,11H2,1-3H3,(H,26,28). The van der Waals surface area contributed by atoms with Crippen LogP contribution in [0.2, 0.25) is 0 Å². The van der Waals surface area contributed by atoms with Gasteiger partial charge in [0.2, 0.25) is 0 Å². The fourth-order valence-electron chi connectivity index (χ4n) is 3.23. The number of hydrogen-bond donors (Lipinski definition) is 1. The number of carbonyl (C=O) groups excluding carboxylic acids is 1. The Bertz CT molecular complexity index is 1160. The Morgan fingerprint density at radius 1 is 1.23 bits per heavy atom. The maximum Gasteiger partial charge on any atom is 0.256 e. The van der Waals surface area contributed by atoms with Crippen molar-refractivity contribution in [3.05, 3.63) is 60.5 Å². The van der Waals surface area contributed by atoms with Crippen molar-refractivity contribution < 1.29 is 13.9 Å². The highest BCUT2D eigenvalue weighted by Gasteiger charge is 2.20. The number of benzene rings is 1. The summed E-state index contributed by atoms with van der Waals surface area (Å²) in [5.74, 6) is 0.974. The molecule has 0 spiro atoms. The average molecular weight is 404 g/mol. The summed E-state index contributed by atoms with van der Waals surface area (Å²) in [6, 6.07) is 12.9. The lowest BCUT2D eigenvalue weighted by Gasteiger charge is -2.13. The first-order chi connectivity index (χ1) is 14.6. The van der Waals surface area contributed by atoms with E-state index in [9.17, 15) is 4.79 Å². The maximum atomic E-state index is 13.3. The van der Waals surface area contributed by atoms with Gasteiger partial charge in [-0.05, 0) is 50.6 Å². The fraction of sp³-hybridized carbons (Fsp3) is 0.261. The summed E-state index contributed by atoms with van der Waals surface area (Å²) in [7, 11) is 0. The van der Waals surface area contributed by atoms with Gasteiger partial charge < -0.3 is 14.5 Å². The van der Waals surface area contributed by atoms with E-state index < -0.39 is 0 Å². The summed E-state index contributed by atoms with van der Waals surface area (Å²) >= 11 is 0. The Balaban J connectivity index is 1.77. The predicted molar refractivity (Wildman–Crippen MR) is 116 cm³/mol. The number of pyridine rings is 1. The first kappa shape index (κ1) is 19.7. The van der Waals surface area contributed by atoms with E-state index in [-0.39, 0.29) is 11.9 Å². The summed E-state index contributed by atoms with van der Waals surface area (Å²) in [6.07, 6.45) is 4.15. The van der Waals surface area contributed by atoms with Crippen molar-refractivity contribution >= 4 is 22.6 Å². The van der Waals surface area contributed by atoms with Crippen molar-refractivity contribution in [2.75, 3.05) is 11.9 Å². The van der Waals surface area contributed by atoms with Gasteiger partial charge in [0.15, 0.2) is 11.4 Å². The number of ether oxygens (including phenoxy) is 1. The van der Waals surface area contributed by atoms with Crippen LogP contribution in [-0.2, 0) is 0 Å². The number of nitrogens with one attached hydrogen (secondary N) is 1. The molecule has 1 aromatic carbocycles. The SMILES string of the molecule is CCCOc1ccccc1NC(=O)c1cc(-c2ccco2)nc2c1cnn2C(C)C. The van der Waals surface area contributed by atoms with Crippen LogP contribution >= 0.6 is 0 Å². The van der Waals surface area contributed by atoms with Gasteiger partial charge in [0.1, 0.15) is 11.4 Å². The van der Waals surface area contributed by atoms with Gasteiger partial charge in [-0.1, -0.05) is 19.1 Å². The Kier molecular flexibility index (Phi) is 5.52. The van der Waals surface area contributed by atoms with Crippen LogP contribution < -0.4 is 10.1 Å². The van der Waals surface area contributed by atoms with E-state index in [1.165, 1.54) is 0 Å². The highest BCUT2D eigenvalue weighted by atomic mass is 16.5. The fourth-order valence-corrected chi connectivity index (χ4v) is 3.23. The third-order valence-electron chi connectivity index (χ3n) is 4.67. The minimum Gasteiger partial charge on any atom is -0.491 e. The van der Waals surface area contributed by atoms with Crippen molar-refractivity contribution in [3.63, 3.8) is 0 Å². The molecule has 0 unspecified atom stereocenters. The molecular weight excluding hydrogens is 380 g/mol. The van der Waals surface area contributed by atoms with Gasteiger partial charge in [0.25, 0.3) is 5.91 Å². The van der Waals surface area contributed by atoms with Crippen molar-refractivity contribution in [2.24, 2.45) is 0 Å². The van der Waals surface area contributed by atoms with Crippen molar-refractivity contribution in [1.29, 1.82) is 0 Å². The molecule has 1 amide bonds. The number of rotatable bonds is 7. The minimum atomic E-state index is -0.258. The van der Waals surface area contributed by atoms with Crippen LogP contribution in [0.1, 0.15) is 43.6 Å². The molecule has 3 aromatic heterocycles. The molecule has 0 atom stereocenters. The number of aromatic nitrogens is 3. The molecule has 7 heteroatoms. The summed E-state index contributed by atoms with van der Waals surface area (Å²) < 4.78 is 13.1. The Morgan fingerprint density at radius 2 is 2.07 bits per heavy atom. The summed E-state index contributed by atoms with van der Waals surface area (Å²) in [5.41, 5.74) is 2.32. The predicted octanol–water partition coefficient (Wildman–Crippen LogP) is 5.31. The summed E-state index contributed by atoms with van der Waals surface area (Å²) in [5, 5.41) is 8.11. The minimum absolute atomic E-state index is 0.0981. The first-order valence-corrected chi connectivity index (χ1v) is 10.0. The van der Waals surface area contributed by atoms with Crippen molar-refractivity contribution in [3.8, 4) is 17.2 Å². The number of anilines is 1. The van der Waals surface area contributed by atoms with E-state index in [0.29, 0.717) is 46.1 Å². The lowest BCUT2D eigenvalue weighted by Crippen LogP contribution is -2.14. The zero-order valence-corrected chi connectivity index (χ0v) is 17.3. The molecule has 7 nitrogen and oxygen atoms in total. The van der Waals surface area contributed by atoms with E-state index in [0.717, 1.165) is 6.42 Å². The molecule has 0 fully saturated rings. The molecule has 3 heterocycles. The molecule has 4 aromatic rings. The second kappa shape index (κ2) is 8.41. The highest BCUT2D eigenvalue weighted by molar-refractivity contribution is 6.13. The van der Waals surface area contributed by atoms with Crippen molar-refractivity contribution in [1.82, 2.24) is 14.8 Å². The first-order valence-electron chi connectivity index (χ1n) is 10.0. The molecule has 0 saturated heterocycles. The monoisotopic (exact) mass is 404 g/mol. The van der Waals surface area contributed by atoms with Gasteiger partial charge in [0, 0.05) is 6.04 Å². The van der Waals surface area contributed by atoms with E-state index in [1.54, 1.807) is 29.3 Å². The second-order valence-corrected chi connectivity index (χ2v) is 7.25.